The highest BCUT2D eigenvalue weighted by Gasteiger charge is 2.46. The van der Waals surface area contributed by atoms with E-state index in [-0.39, 0.29) is 17.7 Å². The fourth-order valence-electron chi connectivity index (χ4n) is 3.57. The largest absolute Gasteiger partial charge is 0.416 e. The highest BCUT2D eigenvalue weighted by atomic mass is 19.4. The Morgan fingerprint density at radius 1 is 1.25 bits per heavy atom. The molecule has 6 nitrogen and oxygen atoms in total. The topological polar surface area (TPSA) is 83.6 Å². The van der Waals surface area contributed by atoms with Gasteiger partial charge in [-0.25, -0.2) is 9.97 Å². The van der Waals surface area contributed by atoms with Crippen molar-refractivity contribution in [3.05, 3.63) is 63.3 Å². The van der Waals surface area contributed by atoms with Crippen LogP contribution >= 0.6 is 0 Å². The Hall–Kier alpha value is -3.85. The number of nitrogens with one attached hydrogen (secondary N) is 1. The van der Waals surface area contributed by atoms with Crippen molar-refractivity contribution in [1.29, 1.82) is 5.26 Å². The van der Waals surface area contributed by atoms with Gasteiger partial charge in [0, 0.05) is 18.8 Å². The summed E-state index contributed by atoms with van der Waals surface area (Å²) >= 11 is 0. The Morgan fingerprint density at radius 3 is 2.53 bits per heavy atom. The number of alkyl halides is 3. The van der Waals surface area contributed by atoms with Gasteiger partial charge in [0.15, 0.2) is 0 Å². The first kappa shape index (κ1) is 22.8. The predicted molar refractivity (Wildman–Crippen MR) is 115 cm³/mol. The van der Waals surface area contributed by atoms with Gasteiger partial charge in [-0.3, -0.25) is 9.36 Å². The summed E-state index contributed by atoms with van der Waals surface area (Å²) < 4.78 is 41.0. The predicted octanol–water partition coefficient (Wildman–Crippen LogP) is 4.30. The fraction of sp³-hybridized carbons (Fsp3) is 0.304. The smallest absolute Gasteiger partial charge is 0.365 e. The minimum absolute atomic E-state index is 0.115. The van der Waals surface area contributed by atoms with Gasteiger partial charge in [-0.2, -0.15) is 18.4 Å². The van der Waals surface area contributed by atoms with Crippen LogP contribution < -0.4 is 10.9 Å². The van der Waals surface area contributed by atoms with E-state index in [9.17, 15) is 23.2 Å². The summed E-state index contributed by atoms with van der Waals surface area (Å²) in [4.78, 5) is 21.1. The number of anilines is 1. The molecule has 2 heterocycles. The summed E-state index contributed by atoms with van der Waals surface area (Å²) in [5.74, 6) is 0.820. The van der Waals surface area contributed by atoms with E-state index in [2.05, 4.69) is 34.2 Å². The molecule has 1 saturated carbocycles. The van der Waals surface area contributed by atoms with Crippen LogP contribution in [0.4, 0.5) is 19.0 Å². The lowest BCUT2D eigenvalue weighted by Crippen LogP contribution is -2.28. The van der Waals surface area contributed by atoms with Crippen molar-refractivity contribution in [1.82, 2.24) is 14.5 Å². The number of rotatable bonds is 4. The number of fused-ring (bicyclic) bond motifs is 1. The maximum Gasteiger partial charge on any atom is 0.416 e. The van der Waals surface area contributed by atoms with Gasteiger partial charge in [0.1, 0.15) is 17.2 Å². The van der Waals surface area contributed by atoms with Crippen LogP contribution in [0.1, 0.15) is 35.4 Å². The number of benzene rings is 1. The van der Waals surface area contributed by atoms with Gasteiger partial charge in [-0.05, 0) is 43.9 Å². The fourth-order valence-corrected chi connectivity index (χ4v) is 3.57. The van der Waals surface area contributed by atoms with Crippen LogP contribution in [-0.4, -0.2) is 14.5 Å². The number of nitriles is 1. The number of hydrogen-bond donors (Lipinski definition) is 1. The third-order valence-corrected chi connectivity index (χ3v) is 5.43. The SMILES string of the molecule is C#C.Cc1nc(NCc2cccc(C(F)(F)F)c2C)c2cn(C3(C#N)CC3)c(=O)cc2n1. The van der Waals surface area contributed by atoms with Gasteiger partial charge < -0.3 is 5.32 Å². The molecule has 0 atom stereocenters. The zero-order valence-corrected chi connectivity index (χ0v) is 17.5. The Balaban J connectivity index is 0.00000141. The second-order valence-electron chi connectivity index (χ2n) is 7.48. The van der Waals surface area contributed by atoms with Crippen LogP contribution in [-0.2, 0) is 18.3 Å². The maximum absolute atomic E-state index is 13.2. The van der Waals surface area contributed by atoms with Crippen molar-refractivity contribution in [2.75, 3.05) is 5.32 Å². The zero-order chi connectivity index (χ0) is 23.7. The highest BCUT2D eigenvalue weighted by molar-refractivity contribution is 5.88. The molecule has 1 aliphatic carbocycles. The zero-order valence-electron chi connectivity index (χ0n) is 17.5. The average Bonchev–Trinajstić information content (AvgIpc) is 3.54. The number of terminal acetylenes is 1. The number of nitrogens with zero attached hydrogens (tertiary/aromatic N) is 4. The van der Waals surface area contributed by atoms with E-state index in [0.29, 0.717) is 41.0 Å². The molecule has 0 saturated heterocycles. The highest BCUT2D eigenvalue weighted by Crippen LogP contribution is 2.42. The second-order valence-corrected chi connectivity index (χ2v) is 7.48. The molecule has 1 aliphatic rings. The van der Waals surface area contributed by atoms with Crippen molar-refractivity contribution in [3.8, 4) is 18.9 Å². The molecule has 0 spiro atoms. The number of hydrogen-bond acceptors (Lipinski definition) is 5. The van der Waals surface area contributed by atoms with Gasteiger partial charge in [0.2, 0.25) is 0 Å². The number of aromatic nitrogens is 3. The van der Waals surface area contributed by atoms with Crippen molar-refractivity contribution in [3.63, 3.8) is 0 Å². The minimum Gasteiger partial charge on any atom is -0.365 e. The van der Waals surface area contributed by atoms with E-state index in [1.54, 1.807) is 19.2 Å². The molecule has 0 bridgehead atoms. The summed E-state index contributed by atoms with van der Waals surface area (Å²) in [6, 6.07) is 7.60. The molecule has 164 valence electrons. The second kappa shape index (κ2) is 8.35. The van der Waals surface area contributed by atoms with Crippen molar-refractivity contribution in [2.45, 2.75) is 44.9 Å². The third kappa shape index (κ3) is 4.15. The van der Waals surface area contributed by atoms with Crippen LogP contribution in [0.3, 0.4) is 0 Å². The van der Waals surface area contributed by atoms with Gasteiger partial charge in [-0.15, -0.1) is 12.8 Å². The Morgan fingerprint density at radius 2 is 1.94 bits per heavy atom. The molecule has 1 N–H and O–H groups in total. The van der Waals surface area contributed by atoms with Crippen LogP contribution in [0.15, 0.2) is 35.3 Å². The lowest BCUT2D eigenvalue weighted by atomic mass is 10.0. The first-order chi connectivity index (χ1) is 15.1. The van der Waals surface area contributed by atoms with Crippen LogP contribution in [0, 0.1) is 38.0 Å². The molecule has 0 amide bonds. The quantitative estimate of drug-likeness (QED) is 0.613. The van der Waals surface area contributed by atoms with Gasteiger partial charge in [0.25, 0.3) is 5.56 Å². The number of halogens is 3. The molecule has 4 rings (SSSR count). The van der Waals surface area contributed by atoms with Crippen molar-refractivity contribution < 1.29 is 13.2 Å². The first-order valence-corrected chi connectivity index (χ1v) is 9.70. The summed E-state index contributed by atoms with van der Waals surface area (Å²) in [7, 11) is 0. The molecule has 2 aromatic heterocycles. The molecule has 1 fully saturated rings. The van der Waals surface area contributed by atoms with Gasteiger partial charge >= 0.3 is 6.18 Å². The summed E-state index contributed by atoms with van der Waals surface area (Å²) in [5.41, 5.74) is -0.793. The summed E-state index contributed by atoms with van der Waals surface area (Å²) in [6.45, 7) is 3.22. The van der Waals surface area contributed by atoms with Crippen molar-refractivity contribution in [2.24, 2.45) is 0 Å². The average molecular weight is 439 g/mol. The molecule has 3 aromatic rings. The molecule has 0 radical (unpaired) electrons. The molecule has 0 unspecified atom stereocenters. The molecule has 1 aromatic carbocycles. The van der Waals surface area contributed by atoms with E-state index in [0.717, 1.165) is 6.07 Å². The molecule has 32 heavy (non-hydrogen) atoms. The Bertz CT molecular complexity index is 1300. The third-order valence-electron chi connectivity index (χ3n) is 5.43. The maximum atomic E-state index is 13.2. The van der Waals surface area contributed by atoms with Crippen LogP contribution in [0.2, 0.25) is 0 Å². The van der Waals surface area contributed by atoms with Crippen molar-refractivity contribution >= 4 is 16.7 Å². The molecule has 0 aliphatic heterocycles. The normalized spacial score (nSPS) is 14.2. The Labute approximate surface area is 182 Å². The first-order valence-electron chi connectivity index (χ1n) is 9.70. The molecular weight excluding hydrogens is 419 g/mol. The minimum atomic E-state index is -4.43. The lowest BCUT2D eigenvalue weighted by Gasteiger charge is -2.16. The van der Waals surface area contributed by atoms with Gasteiger partial charge in [-0.1, -0.05) is 12.1 Å². The molecule has 9 heteroatoms. The summed E-state index contributed by atoms with van der Waals surface area (Å²) in [5, 5.41) is 13.1. The van der Waals surface area contributed by atoms with E-state index in [1.165, 1.54) is 23.6 Å². The lowest BCUT2D eigenvalue weighted by molar-refractivity contribution is -0.138. The monoisotopic (exact) mass is 439 g/mol. The number of pyridine rings is 1. The van der Waals surface area contributed by atoms with E-state index in [4.69, 9.17) is 0 Å². The van der Waals surface area contributed by atoms with Crippen LogP contribution in [0.5, 0.6) is 0 Å². The summed E-state index contributed by atoms with van der Waals surface area (Å²) in [6.07, 6.45) is 6.32. The van der Waals surface area contributed by atoms with Crippen LogP contribution in [0.25, 0.3) is 10.9 Å². The van der Waals surface area contributed by atoms with E-state index >= 15 is 0 Å². The Kier molecular flexibility index (Phi) is 5.96. The van der Waals surface area contributed by atoms with Gasteiger partial charge in [0.05, 0.1) is 22.5 Å². The van der Waals surface area contributed by atoms with E-state index < -0.39 is 17.3 Å². The van der Waals surface area contributed by atoms with E-state index in [1.807, 2.05) is 0 Å². The number of aryl methyl sites for hydroxylation is 1. The standard InChI is InChI=1S/C21H18F3N5O.C2H2/c1-12-14(4-3-5-16(12)21(22,23)24)9-26-19-15-10-29(20(11-25)6-7-20)18(30)8-17(15)27-13(2)28-19;1-2/h3-5,8,10H,6-7,9H2,1-2H3,(H,26,27,28);1-2H. The molecular formula is C23H20F3N5O.